The zero-order valence-corrected chi connectivity index (χ0v) is 19.6. The van der Waals surface area contributed by atoms with E-state index in [0.717, 1.165) is 11.1 Å². The Balaban J connectivity index is 1.54. The van der Waals surface area contributed by atoms with Crippen LogP contribution in [0.15, 0.2) is 89.7 Å². The van der Waals surface area contributed by atoms with Crippen molar-refractivity contribution in [2.75, 3.05) is 6.54 Å². The number of amides is 1. The van der Waals surface area contributed by atoms with Crippen molar-refractivity contribution < 1.29 is 4.79 Å². The average Bonchev–Trinajstić information content (AvgIpc) is 2.87. The number of rotatable bonds is 4. The van der Waals surface area contributed by atoms with Gasteiger partial charge >= 0.3 is 0 Å². The van der Waals surface area contributed by atoms with Crippen molar-refractivity contribution >= 4 is 17.5 Å². The second kappa shape index (κ2) is 9.27. The van der Waals surface area contributed by atoms with Crippen LogP contribution in [0.4, 0.5) is 0 Å². The van der Waals surface area contributed by atoms with Gasteiger partial charge in [-0.2, -0.15) is 0 Å². The first-order chi connectivity index (χ1) is 16.5. The maximum absolute atomic E-state index is 13.8. The molecule has 0 saturated heterocycles. The summed E-state index contributed by atoms with van der Waals surface area (Å²) in [5.41, 5.74) is 3.94. The number of carbonyl (C=O) groups excluding carboxylic acids is 1. The van der Waals surface area contributed by atoms with Crippen LogP contribution in [0.2, 0.25) is 5.02 Å². The Morgan fingerprint density at radius 3 is 2.09 bits per heavy atom. The number of halogens is 1. The third-order valence-electron chi connectivity index (χ3n) is 6.31. The molecule has 0 aliphatic carbocycles. The molecular weight excluding hydrogens is 446 g/mol. The van der Waals surface area contributed by atoms with Crippen LogP contribution in [0.1, 0.15) is 44.6 Å². The summed E-state index contributed by atoms with van der Waals surface area (Å²) in [6.07, 6.45) is 0.469. The van der Waals surface area contributed by atoms with E-state index in [1.165, 1.54) is 0 Å². The Kier molecular flexibility index (Phi) is 6.03. The zero-order chi connectivity index (χ0) is 23.7. The van der Waals surface area contributed by atoms with Gasteiger partial charge in [0.25, 0.3) is 11.5 Å². The van der Waals surface area contributed by atoms with Crippen molar-refractivity contribution in [1.29, 1.82) is 0 Å². The van der Waals surface area contributed by atoms with Crippen molar-refractivity contribution in [2.45, 2.75) is 25.9 Å². The lowest BCUT2D eigenvalue weighted by Crippen LogP contribution is -2.42. The first-order valence-electron chi connectivity index (χ1n) is 11.3. The fraction of sp³-hybridized carbons (Fsp3) is 0.179. The molecule has 1 aromatic heterocycles. The molecule has 0 unspecified atom stereocenters. The van der Waals surface area contributed by atoms with Gasteiger partial charge in [-0.25, -0.2) is 4.98 Å². The van der Waals surface area contributed by atoms with E-state index in [1.54, 1.807) is 33.7 Å². The molecule has 2 heterocycles. The van der Waals surface area contributed by atoms with Crippen molar-refractivity contribution in [1.82, 2.24) is 14.5 Å². The molecule has 3 aromatic carbocycles. The highest BCUT2D eigenvalue weighted by molar-refractivity contribution is 6.30. The standard InChI is InChI=1S/C28H24ClN3O2/c1-19-30-25-18-31(27(33)22-12-14-23(29)15-13-22)17-16-24(25)28(34)32(19)26(20-8-4-2-5-9-20)21-10-6-3-7-11-21/h2-15,26H,16-18H2,1H3. The minimum Gasteiger partial charge on any atom is -0.332 e. The first-order valence-corrected chi connectivity index (χ1v) is 11.7. The van der Waals surface area contributed by atoms with Gasteiger partial charge in [-0.15, -0.1) is 0 Å². The third-order valence-corrected chi connectivity index (χ3v) is 6.56. The average molecular weight is 470 g/mol. The molecule has 0 N–H and O–H groups in total. The summed E-state index contributed by atoms with van der Waals surface area (Å²) in [6.45, 7) is 2.64. The molecule has 1 aliphatic heterocycles. The number of aromatic nitrogens is 2. The normalized spacial score (nSPS) is 13.1. The first kappa shape index (κ1) is 22.1. The lowest BCUT2D eigenvalue weighted by molar-refractivity contribution is 0.0730. The summed E-state index contributed by atoms with van der Waals surface area (Å²) in [6, 6.07) is 26.6. The molecule has 5 nitrogen and oxygen atoms in total. The quantitative estimate of drug-likeness (QED) is 0.420. The smallest absolute Gasteiger partial charge is 0.257 e. The Morgan fingerprint density at radius 2 is 1.50 bits per heavy atom. The van der Waals surface area contributed by atoms with Gasteiger partial charge < -0.3 is 4.90 Å². The summed E-state index contributed by atoms with van der Waals surface area (Å²) in [5, 5.41) is 0.588. The molecule has 34 heavy (non-hydrogen) atoms. The zero-order valence-electron chi connectivity index (χ0n) is 18.8. The molecule has 1 aliphatic rings. The highest BCUT2D eigenvalue weighted by Gasteiger charge is 2.28. The molecule has 1 amide bonds. The van der Waals surface area contributed by atoms with E-state index in [4.69, 9.17) is 16.6 Å². The van der Waals surface area contributed by atoms with E-state index in [1.807, 2.05) is 67.6 Å². The van der Waals surface area contributed by atoms with Crippen LogP contribution in [-0.4, -0.2) is 26.9 Å². The van der Waals surface area contributed by atoms with Crippen LogP contribution in [0, 0.1) is 6.92 Å². The molecule has 0 fully saturated rings. The Morgan fingerprint density at radius 1 is 0.912 bits per heavy atom. The second-order valence-electron chi connectivity index (χ2n) is 8.47. The highest BCUT2D eigenvalue weighted by Crippen LogP contribution is 2.27. The van der Waals surface area contributed by atoms with Crippen molar-refractivity contribution in [3.05, 3.63) is 134 Å². The number of hydrogen-bond acceptors (Lipinski definition) is 3. The van der Waals surface area contributed by atoms with Crippen LogP contribution >= 0.6 is 11.6 Å². The minimum atomic E-state index is -0.276. The molecule has 0 saturated carbocycles. The summed E-state index contributed by atoms with van der Waals surface area (Å²) in [7, 11) is 0. The van der Waals surface area contributed by atoms with Crippen LogP contribution < -0.4 is 5.56 Å². The van der Waals surface area contributed by atoms with E-state index >= 15 is 0 Å². The van der Waals surface area contributed by atoms with Crippen molar-refractivity contribution in [3.63, 3.8) is 0 Å². The van der Waals surface area contributed by atoms with Gasteiger partial charge in [-0.05, 0) is 48.7 Å². The van der Waals surface area contributed by atoms with E-state index in [-0.39, 0.29) is 17.5 Å². The van der Waals surface area contributed by atoms with Crippen LogP contribution in [0.5, 0.6) is 0 Å². The third kappa shape index (κ3) is 4.15. The molecular formula is C28H24ClN3O2. The van der Waals surface area contributed by atoms with Gasteiger partial charge in [-0.3, -0.25) is 14.2 Å². The number of nitrogens with zero attached hydrogens (tertiary/aromatic N) is 3. The summed E-state index contributed by atoms with van der Waals surface area (Å²) >= 11 is 5.96. The molecule has 0 bridgehead atoms. The van der Waals surface area contributed by atoms with Crippen molar-refractivity contribution in [2.24, 2.45) is 0 Å². The summed E-state index contributed by atoms with van der Waals surface area (Å²) in [5.74, 6) is 0.541. The Labute approximate surface area is 203 Å². The van der Waals surface area contributed by atoms with Crippen LogP contribution in [0.25, 0.3) is 0 Å². The lowest BCUT2D eigenvalue weighted by atomic mass is 9.97. The van der Waals surface area contributed by atoms with E-state index in [0.29, 0.717) is 47.2 Å². The fourth-order valence-electron chi connectivity index (χ4n) is 4.63. The van der Waals surface area contributed by atoms with Gasteiger partial charge in [-0.1, -0.05) is 72.3 Å². The number of benzene rings is 3. The summed E-state index contributed by atoms with van der Waals surface area (Å²) < 4.78 is 1.79. The largest absolute Gasteiger partial charge is 0.332 e. The topological polar surface area (TPSA) is 55.2 Å². The number of hydrogen-bond donors (Lipinski definition) is 0. The molecule has 0 radical (unpaired) electrons. The minimum absolute atomic E-state index is 0.0428. The highest BCUT2D eigenvalue weighted by atomic mass is 35.5. The predicted molar refractivity (Wildman–Crippen MR) is 133 cm³/mol. The van der Waals surface area contributed by atoms with Crippen molar-refractivity contribution in [3.8, 4) is 0 Å². The molecule has 5 rings (SSSR count). The Bertz CT molecular complexity index is 1340. The molecule has 6 heteroatoms. The van der Waals surface area contributed by atoms with Gasteiger partial charge in [0.1, 0.15) is 5.82 Å². The predicted octanol–water partition coefficient (Wildman–Crippen LogP) is 5.04. The monoisotopic (exact) mass is 469 g/mol. The Hall–Kier alpha value is -3.70. The number of fused-ring (bicyclic) bond motifs is 1. The van der Waals surface area contributed by atoms with E-state index < -0.39 is 0 Å². The van der Waals surface area contributed by atoms with E-state index in [2.05, 4.69) is 0 Å². The SMILES string of the molecule is Cc1nc2c(c(=O)n1C(c1ccccc1)c1ccccc1)CCN(C(=O)c1ccc(Cl)cc1)C2. The lowest BCUT2D eigenvalue weighted by Gasteiger charge is -2.30. The van der Waals surface area contributed by atoms with Gasteiger partial charge in [0.15, 0.2) is 0 Å². The molecule has 170 valence electrons. The number of carbonyl (C=O) groups is 1. The van der Waals surface area contributed by atoms with Crippen LogP contribution in [-0.2, 0) is 13.0 Å². The summed E-state index contributed by atoms with van der Waals surface area (Å²) in [4.78, 5) is 33.4. The molecule has 4 aromatic rings. The van der Waals surface area contributed by atoms with Gasteiger partial charge in [0.2, 0.25) is 0 Å². The fourth-order valence-corrected chi connectivity index (χ4v) is 4.76. The van der Waals surface area contributed by atoms with E-state index in [9.17, 15) is 9.59 Å². The maximum Gasteiger partial charge on any atom is 0.257 e. The van der Waals surface area contributed by atoms with Gasteiger partial charge in [0.05, 0.1) is 18.3 Å². The maximum atomic E-state index is 13.8. The molecule has 0 atom stereocenters. The van der Waals surface area contributed by atoms with Crippen LogP contribution in [0.3, 0.4) is 0 Å². The van der Waals surface area contributed by atoms with Gasteiger partial charge in [0, 0.05) is 22.7 Å². The molecule has 0 spiro atoms. The number of aryl methyl sites for hydroxylation is 1. The second-order valence-corrected chi connectivity index (χ2v) is 8.90.